The summed E-state index contributed by atoms with van der Waals surface area (Å²) in [7, 11) is 1.88. The standard InChI is InChI=1S/C14H16N4/c1-10-16-13(15-2)7-14(17-10)18-8-11-5-3-4-6-12(11)9-18/h3-7H,8-9H2,1-2H3,(H,15,16,17). The van der Waals surface area contributed by atoms with Crippen LogP contribution in [0.15, 0.2) is 30.3 Å². The quantitative estimate of drug-likeness (QED) is 0.874. The zero-order valence-electron chi connectivity index (χ0n) is 10.6. The largest absolute Gasteiger partial charge is 0.373 e. The number of hydrogen-bond acceptors (Lipinski definition) is 4. The van der Waals surface area contributed by atoms with E-state index in [-0.39, 0.29) is 0 Å². The second kappa shape index (κ2) is 4.29. The predicted octanol–water partition coefficient (Wildman–Crippen LogP) is 2.35. The van der Waals surface area contributed by atoms with Crippen molar-refractivity contribution in [3.63, 3.8) is 0 Å². The number of aromatic nitrogens is 2. The molecule has 1 aromatic heterocycles. The maximum atomic E-state index is 4.52. The molecule has 0 atom stereocenters. The van der Waals surface area contributed by atoms with Crippen LogP contribution >= 0.6 is 0 Å². The maximum absolute atomic E-state index is 4.52. The molecule has 2 aromatic rings. The molecule has 0 fully saturated rings. The average molecular weight is 240 g/mol. The van der Waals surface area contributed by atoms with Crippen LogP contribution in [-0.4, -0.2) is 17.0 Å². The van der Waals surface area contributed by atoms with Gasteiger partial charge in [0.15, 0.2) is 0 Å². The van der Waals surface area contributed by atoms with Crippen molar-refractivity contribution in [2.45, 2.75) is 20.0 Å². The van der Waals surface area contributed by atoms with Gasteiger partial charge in [0.25, 0.3) is 0 Å². The van der Waals surface area contributed by atoms with Gasteiger partial charge in [0, 0.05) is 26.2 Å². The number of benzene rings is 1. The maximum Gasteiger partial charge on any atom is 0.134 e. The Bertz CT molecular complexity index is 555. The molecule has 18 heavy (non-hydrogen) atoms. The number of rotatable bonds is 2. The van der Waals surface area contributed by atoms with Crippen LogP contribution in [0.4, 0.5) is 11.6 Å². The van der Waals surface area contributed by atoms with E-state index in [0.29, 0.717) is 0 Å². The molecule has 1 aromatic carbocycles. The molecular weight excluding hydrogens is 224 g/mol. The van der Waals surface area contributed by atoms with E-state index < -0.39 is 0 Å². The lowest BCUT2D eigenvalue weighted by atomic mass is 10.1. The zero-order chi connectivity index (χ0) is 12.5. The Labute approximate surface area is 107 Å². The fourth-order valence-electron chi connectivity index (χ4n) is 2.34. The smallest absolute Gasteiger partial charge is 0.134 e. The first-order valence-corrected chi connectivity index (χ1v) is 6.11. The molecule has 3 rings (SSSR count). The predicted molar refractivity (Wildman–Crippen MR) is 72.6 cm³/mol. The van der Waals surface area contributed by atoms with Crippen LogP contribution in [0.25, 0.3) is 0 Å². The first-order chi connectivity index (χ1) is 8.76. The Balaban J connectivity index is 1.92. The third kappa shape index (κ3) is 1.90. The van der Waals surface area contributed by atoms with Crippen molar-refractivity contribution in [1.29, 1.82) is 0 Å². The van der Waals surface area contributed by atoms with Crippen LogP contribution in [0.1, 0.15) is 17.0 Å². The van der Waals surface area contributed by atoms with E-state index in [1.165, 1.54) is 11.1 Å². The van der Waals surface area contributed by atoms with Crippen molar-refractivity contribution in [2.24, 2.45) is 0 Å². The minimum absolute atomic E-state index is 0.799. The molecule has 0 spiro atoms. The highest BCUT2D eigenvalue weighted by molar-refractivity contribution is 5.52. The van der Waals surface area contributed by atoms with E-state index in [0.717, 1.165) is 30.5 Å². The molecule has 4 nitrogen and oxygen atoms in total. The summed E-state index contributed by atoms with van der Waals surface area (Å²) in [5, 5.41) is 3.08. The number of anilines is 2. The van der Waals surface area contributed by atoms with E-state index >= 15 is 0 Å². The van der Waals surface area contributed by atoms with Crippen molar-refractivity contribution in [3.05, 3.63) is 47.3 Å². The molecule has 4 heteroatoms. The number of fused-ring (bicyclic) bond motifs is 1. The van der Waals surface area contributed by atoms with Crippen molar-refractivity contribution in [3.8, 4) is 0 Å². The molecule has 0 radical (unpaired) electrons. The van der Waals surface area contributed by atoms with Crippen LogP contribution in [0, 0.1) is 6.92 Å². The third-order valence-corrected chi connectivity index (χ3v) is 3.25. The van der Waals surface area contributed by atoms with E-state index in [1.807, 2.05) is 20.0 Å². The molecule has 1 aliphatic rings. The van der Waals surface area contributed by atoms with Gasteiger partial charge in [-0.15, -0.1) is 0 Å². The molecule has 0 unspecified atom stereocenters. The summed E-state index contributed by atoms with van der Waals surface area (Å²) < 4.78 is 0. The Kier molecular flexibility index (Phi) is 2.63. The topological polar surface area (TPSA) is 41.0 Å². The normalized spacial score (nSPS) is 13.6. The van der Waals surface area contributed by atoms with Gasteiger partial charge in [-0.25, -0.2) is 9.97 Å². The highest BCUT2D eigenvalue weighted by Gasteiger charge is 2.20. The van der Waals surface area contributed by atoms with Crippen molar-refractivity contribution < 1.29 is 0 Å². The molecule has 0 bridgehead atoms. The number of hydrogen-bond donors (Lipinski definition) is 1. The van der Waals surface area contributed by atoms with Gasteiger partial charge in [-0.3, -0.25) is 0 Å². The first kappa shape index (κ1) is 11.0. The van der Waals surface area contributed by atoms with Gasteiger partial charge >= 0.3 is 0 Å². The first-order valence-electron chi connectivity index (χ1n) is 6.11. The summed E-state index contributed by atoms with van der Waals surface area (Å²) in [5.41, 5.74) is 2.78. The summed E-state index contributed by atoms with van der Waals surface area (Å²) in [5.74, 6) is 2.66. The molecule has 1 aliphatic heterocycles. The molecule has 0 aliphatic carbocycles. The van der Waals surface area contributed by atoms with Gasteiger partial charge in [-0.2, -0.15) is 0 Å². The molecule has 0 saturated heterocycles. The Morgan fingerprint density at radius 1 is 1.11 bits per heavy atom. The minimum Gasteiger partial charge on any atom is -0.373 e. The second-order valence-corrected chi connectivity index (χ2v) is 4.53. The molecule has 0 saturated carbocycles. The SMILES string of the molecule is CNc1cc(N2Cc3ccccc3C2)nc(C)n1. The number of nitrogens with one attached hydrogen (secondary N) is 1. The lowest BCUT2D eigenvalue weighted by Gasteiger charge is -2.17. The lowest BCUT2D eigenvalue weighted by molar-refractivity contribution is 0.843. The zero-order valence-corrected chi connectivity index (χ0v) is 10.6. The van der Waals surface area contributed by atoms with E-state index in [9.17, 15) is 0 Å². The van der Waals surface area contributed by atoms with Crippen molar-refractivity contribution >= 4 is 11.6 Å². The van der Waals surface area contributed by atoms with Gasteiger partial charge < -0.3 is 10.2 Å². The summed E-state index contributed by atoms with van der Waals surface area (Å²) in [6, 6.07) is 10.5. The van der Waals surface area contributed by atoms with Gasteiger partial charge in [-0.1, -0.05) is 24.3 Å². The van der Waals surface area contributed by atoms with Crippen LogP contribution in [0.3, 0.4) is 0 Å². The molecular formula is C14H16N4. The Hall–Kier alpha value is -2.10. The number of aryl methyl sites for hydroxylation is 1. The monoisotopic (exact) mass is 240 g/mol. The van der Waals surface area contributed by atoms with Crippen molar-refractivity contribution in [1.82, 2.24) is 9.97 Å². The average Bonchev–Trinajstić information content (AvgIpc) is 2.81. The summed E-state index contributed by atoms with van der Waals surface area (Å²) >= 11 is 0. The molecule has 1 N–H and O–H groups in total. The van der Waals surface area contributed by atoms with Crippen LogP contribution < -0.4 is 10.2 Å². The number of nitrogens with zero attached hydrogens (tertiary/aromatic N) is 3. The van der Waals surface area contributed by atoms with Gasteiger partial charge in [0.2, 0.25) is 0 Å². The van der Waals surface area contributed by atoms with Crippen LogP contribution in [-0.2, 0) is 13.1 Å². The summed E-state index contributed by atoms with van der Waals surface area (Å²) in [6.07, 6.45) is 0. The van der Waals surface area contributed by atoms with E-state index in [4.69, 9.17) is 0 Å². The van der Waals surface area contributed by atoms with Crippen molar-refractivity contribution in [2.75, 3.05) is 17.3 Å². The Morgan fingerprint density at radius 3 is 2.39 bits per heavy atom. The Morgan fingerprint density at radius 2 is 1.78 bits per heavy atom. The minimum atomic E-state index is 0.799. The molecule has 0 amide bonds. The fourth-order valence-corrected chi connectivity index (χ4v) is 2.34. The van der Waals surface area contributed by atoms with E-state index in [1.54, 1.807) is 0 Å². The summed E-state index contributed by atoms with van der Waals surface area (Å²) in [6.45, 7) is 3.78. The van der Waals surface area contributed by atoms with E-state index in [2.05, 4.69) is 44.5 Å². The lowest BCUT2D eigenvalue weighted by Crippen LogP contribution is -2.17. The van der Waals surface area contributed by atoms with Gasteiger partial charge in [-0.05, 0) is 18.1 Å². The summed E-state index contributed by atoms with van der Waals surface area (Å²) in [4.78, 5) is 11.1. The highest BCUT2D eigenvalue weighted by Crippen LogP contribution is 2.27. The van der Waals surface area contributed by atoms with Gasteiger partial charge in [0.05, 0.1) is 0 Å². The molecule has 2 heterocycles. The highest BCUT2D eigenvalue weighted by atomic mass is 15.2. The third-order valence-electron chi connectivity index (χ3n) is 3.25. The van der Waals surface area contributed by atoms with Crippen LogP contribution in [0.5, 0.6) is 0 Å². The van der Waals surface area contributed by atoms with Gasteiger partial charge in [0.1, 0.15) is 17.5 Å². The fraction of sp³-hybridized carbons (Fsp3) is 0.286. The molecule has 92 valence electrons. The second-order valence-electron chi connectivity index (χ2n) is 4.53. The van der Waals surface area contributed by atoms with Crippen LogP contribution in [0.2, 0.25) is 0 Å².